The summed E-state index contributed by atoms with van der Waals surface area (Å²) >= 11 is 0. The van der Waals surface area contributed by atoms with Gasteiger partial charge in [-0.1, -0.05) is 13.8 Å². The molecule has 4 nitrogen and oxygen atoms in total. The van der Waals surface area contributed by atoms with E-state index in [2.05, 4.69) is 26.1 Å². The number of carboxylic acids is 1. The fraction of sp³-hybridized carbons (Fsp3) is 0.909. The third-order valence-electron chi connectivity index (χ3n) is 3.05. The van der Waals surface area contributed by atoms with Crippen molar-refractivity contribution in [3.8, 4) is 0 Å². The predicted octanol–water partition coefficient (Wildman–Crippen LogP) is 1.25. The summed E-state index contributed by atoms with van der Waals surface area (Å²) in [6.07, 6.45) is 0.949. The van der Waals surface area contributed by atoms with Crippen molar-refractivity contribution in [1.29, 1.82) is 0 Å². The minimum Gasteiger partial charge on any atom is -0.479 e. The van der Waals surface area contributed by atoms with Gasteiger partial charge in [-0.25, -0.2) is 4.79 Å². The molecule has 0 aromatic rings. The third kappa shape index (κ3) is 3.80. The average molecular weight is 215 g/mol. The van der Waals surface area contributed by atoms with Crippen LogP contribution < -0.4 is 5.32 Å². The van der Waals surface area contributed by atoms with Crippen LogP contribution in [0.3, 0.4) is 0 Å². The van der Waals surface area contributed by atoms with Crippen molar-refractivity contribution in [2.24, 2.45) is 5.92 Å². The monoisotopic (exact) mass is 215 g/mol. The molecule has 1 aliphatic rings. The zero-order valence-corrected chi connectivity index (χ0v) is 9.69. The van der Waals surface area contributed by atoms with E-state index < -0.39 is 12.1 Å². The Bertz CT molecular complexity index is 218. The van der Waals surface area contributed by atoms with Crippen molar-refractivity contribution in [2.45, 2.75) is 51.9 Å². The van der Waals surface area contributed by atoms with Crippen LogP contribution >= 0.6 is 0 Å². The molecule has 1 fully saturated rings. The van der Waals surface area contributed by atoms with Crippen LogP contribution in [0.4, 0.5) is 0 Å². The summed E-state index contributed by atoms with van der Waals surface area (Å²) in [5, 5.41) is 12.1. The fourth-order valence-corrected chi connectivity index (χ4v) is 1.59. The number of ether oxygens (including phenoxy) is 1. The molecule has 0 aliphatic carbocycles. The number of carbonyl (C=O) groups is 1. The van der Waals surface area contributed by atoms with Crippen molar-refractivity contribution in [1.82, 2.24) is 5.32 Å². The second kappa shape index (κ2) is 5.47. The van der Waals surface area contributed by atoms with Gasteiger partial charge in [0.1, 0.15) is 0 Å². The highest BCUT2D eigenvalue weighted by Gasteiger charge is 2.30. The van der Waals surface area contributed by atoms with Crippen LogP contribution in [0.2, 0.25) is 0 Å². The molecule has 15 heavy (non-hydrogen) atoms. The van der Waals surface area contributed by atoms with Crippen molar-refractivity contribution in [2.75, 3.05) is 6.54 Å². The van der Waals surface area contributed by atoms with Gasteiger partial charge in [0.25, 0.3) is 0 Å². The lowest BCUT2D eigenvalue weighted by Gasteiger charge is -2.20. The first-order valence-corrected chi connectivity index (χ1v) is 5.62. The van der Waals surface area contributed by atoms with Crippen LogP contribution in [-0.4, -0.2) is 35.9 Å². The molecule has 0 radical (unpaired) electrons. The van der Waals surface area contributed by atoms with Gasteiger partial charge in [0.2, 0.25) is 0 Å². The van der Waals surface area contributed by atoms with Gasteiger partial charge in [-0.15, -0.1) is 0 Å². The summed E-state index contributed by atoms with van der Waals surface area (Å²) in [5.74, 6) is -0.254. The number of rotatable bonds is 5. The number of hydrogen-bond acceptors (Lipinski definition) is 3. The molecule has 2 N–H and O–H groups in total. The first kappa shape index (κ1) is 12.5. The van der Waals surface area contributed by atoms with E-state index in [9.17, 15) is 4.79 Å². The Morgan fingerprint density at radius 3 is 2.60 bits per heavy atom. The molecule has 1 rings (SSSR count). The topological polar surface area (TPSA) is 58.6 Å². The Morgan fingerprint density at radius 1 is 1.47 bits per heavy atom. The average Bonchev–Trinajstić information content (AvgIpc) is 2.62. The summed E-state index contributed by atoms with van der Waals surface area (Å²) in [6.45, 7) is 7.21. The molecule has 3 unspecified atom stereocenters. The van der Waals surface area contributed by atoms with Gasteiger partial charge in [0, 0.05) is 12.6 Å². The van der Waals surface area contributed by atoms with E-state index in [0.717, 1.165) is 13.0 Å². The fourth-order valence-electron chi connectivity index (χ4n) is 1.59. The highest BCUT2D eigenvalue weighted by molar-refractivity contribution is 5.72. The Morgan fingerprint density at radius 2 is 2.13 bits per heavy atom. The van der Waals surface area contributed by atoms with Gasteiger partial charge in [0.15, 0.2) is 6.10 Å². The summed E-state index contributed by atoms with van der Waals surface area (Å²) in [4.78, 5) is 10.6. The lowest BCUT2D eigenvalue weighted by molar-refractivity contribution is -0.149. The molecule has 88 valence electrons. The van der Waals surface area contributed by atoms with Gasteiger partial charge in [-0.2, -0.15) is 0 Å². The number of aliphatic carboxylic acids is 1. The van der Waals surface area contributed by atoms with Gasteiger partial charge < -0.3 is 15.2 Å². The summed E-state index contributed by atoms with van der Waals surface area (Å²) in [6, 6.07) is 0.442. The Kier molecular flexibility index (Phi) is 4.54. The minimum atomic E-state index is -0.839. The SMILES string of the molecule is CC(C)C(C)NCC1CCC(C(=O)O)O1. The van der Waals surface area contributed by atoms with Crippen LogP contribution in [0.15, 0.2) is 0 Å². The molecule has 3 atom stereocenters. The zero-order valence-electron chi connectivity index (χ0n) is 9.69. The molecule has 1 saturated heterocycles. The summed E-state index contributed by atoms with van der Waals surface area (Å²) in [5.41, 5.74) is 0. The Labute approximate surface area is 91.0 Å². The number of nitrogens with one attached hydrogen (secondary N) is 1. The molecule has 1 heterocycles. The first-order valence-electron chi connectivity index (χ1n) is 5.62. The normalized spacial score (nSPS) is 28.3. The van der Waals surface area contributed by atoms with E-state index in [1.54, 1.807) is 0 Å². The van der Waals surface area contributed by atoms with E-state index >= 15 is 0 Å². The molecule has 0 spiro atoms. The maximum atomic E-state index is 10.6. The molecule has 1 aliphatic heterocycles. The van der Waals surface area contributed by atoms with E-state index in [-0.39, 0.29) is 6.10 Å². The molecule has 0 saturated carbocycles. The molecule has 0 aromatic carbocycles. The van der Waals surface area contributed by atoms with Crippen LogP contribution in [0, 0.1) is 5.92 Å². The lowest BCUT2D eigenvalue weighted by Crippen LogP contribution is -2.37. The molecule has 4 heteroatoms. The number of carboxylic acid groups (broad SMARTS) is 1. The number of hydrogen-bond donors (Lipinski definition) is 2. The van der Waals surface area contributed by atoms with Gasteiger partial charge in [-0.05, 0) is 25.7 Å². The van der Waals surface area contributed by atoms with Gasteiger partial charge in [0.05, 0.1) is 6.10 Å². The molecule has 0 bridgehead atoms. The summed E-state index contributed by atoms with van der Waals surface area (Å²) in [7, 11) is 0. The maximum Gasteiger partial charge on any atom is 0.332 e. The van der Waals surface area contributed by atoms with Crippen LogP contribution in [0.25, 0.3) is 0 Å². The Balaban J connectivity index is 2.22. The quantitative estimate of drug-likeness (QED) is 0.724. The summed E-state index contributed by atoms with van der Waals surface area (Å²) < 4.78 is 5.39. The second-order valence-electron chi connectivity index (χ2n) is 4.60. The zero-order chi connectivity index (χ0) is 11.4. The van der Waals surface area contributed by atoms with Crippen LogP contribution in [0.1, 0.15) is 33.6 Å². The van der Waals surface area contributed by atoms with Crippen LogP contribution in [0.5, 0.6) is 0 Å². The second-order valence-corrected chi connectivity index (χ2v) is 4.60. The predicted molar refractivity (Wildman–Crippen MR) is 57.8 cm³/mol. The van der Waals surface area contributed by atoms with Crippen molar-refractivity contribution < 1.29 is 14.6 Å². The highest BCUT2D eigenvalue weighted by Crippen LogP contribution is 2.19. The van der Waals surface area contributed by atoms with E-state index in [0.29, 0.717) is 18.4 Å². The maximum absolute atomic E-state index is 10.6. The third-order valence-corrected chi connectivity index (χ3v) is 3.05. The van der Waals surface area contributed by atoms with Crippen molar-refractivity contribution >= 4 is 5.97 Å². The van der Waals surface area contributed by atoms with Gasteiger partial charge >= 0.3 is 5.97 Å². The van der Waals surface area contributed by atoms with E-state index in [1.165, 1.54) is 0 Å². The molecular weight excluding hydrogens is 194 g/mol. The first-order chi connectivity index (χ1) is 7.00. The molecule has 0 amide bonds. The standard InChI is InChI=1S/C11H21NO3/c1-7(2)8(3)12-6-9-4-5-10(15-9)11(13)14/h7-10,12H,4-6H2,1-3H3,(H,13,14). The van der Waals surface area contributed by atoms with E-state index in [4.69, 9.17) is 9.84 Å². The molecular formula is C11H21NO3. The molecule has 0 aromatic heterocycles. The highest BCUT2D eigenvalue weighted by atomic mass is 16.5. The minimum absolute atomic E-state index is 0.0623. The van der Waals surface area contributed by atoms with E-state index in [1.807, 2.05) is 0 Å². The smallest absolute Gasteiger partial charge is 0.332 e. The largest absolute Gasteiger partial charge is 0.479 e. The van der Waals surface area contributed by atoms with Crippen molar-refractivity contribution in [3.05, 3.63) is 0 Å². The van der Waals surface area contributed by atoms with Gasteiger partial charge in [-0.3, -0.25) is 0 Å². The van der Waals surface area contributed by atoms with Crippen LogP contribution in [-0.2, 0) is 9.53 Å². The Hall–Kier alpha value is -0.610. The van der Waals surface area contributed by atoms with Crippen molar-refractivity contribution in [3.63, 3.8) is 0 Å². The lowest BCUT2D eigenvalue weighted by atomic mass is 10.1.